The maximum Gasteiger partial charge on any atom is 0.139 e. The van der Waals surface area contributed by atoms with Crippen LogP contribution in [0, 0.1) is 0 Å². The fourth-order valence-electron chi connectivity index (χ4n) is 2.37. The van der Waals surface area contributed by atoms with Crippen molar-refractivity contribution in [2.24, 2.45) is 0 Å². The molecule has 3 rings (SSSR count). The Balaban J connectivity index is 2.01. The summed E-state index contributed by atoms with van der Waals surface area (Å²) in [6.45, 7) is 3.03. The van der Waals surface area contributed by atoms with Crippen LogP contribution in [-0.4, -0.2) is 27.4 Å². The first kappa shape index (κ1) is 10.2. The molecule has 0 aliphatic carbocycles. The van der Waals surface area contributed by atoms with E-state index >= 15 is 0 Å². The van der Waals surface area contributed by atoms with Crippen LogP contribution in [0.5, 0.6) is 0 Å². The molecule has 0 spiro atoms. The SMILES string of the molecule is CCn1ncc(Br)c1[C@]12CCSC[C@H]1O2. The van der Waals surface area contributed by atoms with Crippen LogP contribution in [0.15, 0.2) is 10.7 Å². The van der Waals surface area contributed by atoms with Crippen molar-refractivity contribution in [2.75, 3.05) is 11.5 Å². The quantitative estimate of drug-likeness (QED) is 0.783. The van der Waals surface area contributed by atoms with Crippen molar-refractivity contribution in [2.45, 2.75) is 31.6 Å². The molecule has 0 bridgehead atoms. The van der Waals surface area contributed by atoms with E-state index in [1.165, 1.54) is 11.4 Å². The Morgan fingerprint density at radius 1 is 1.80 bits per heavy atom. The van der Waals surface area contributed by atoms with Gasteiger partial charge in [0.2, 0.25) is 0 Å². The number of aromatic nitrogens is 2. The second-order valence-corrected chi connectivity index (χ2v) is 5.98. The summed E-state index contributed by atoms with van der Waals surface area (Å²) in [4.78, 5) is 0. The van der Waals surface area contributed by atoms with Crippen molar-refractivity contribution in [3.8, 4) is 0 Å². The van der Waals surface area contributed by atoms with E-state index in [4.69, 9.17) is 4.74 Å². The lowest BCUT2D eigenvalue weighted by molar-refractivity contribution is 0.281. The standard InChI is InChI=1S/C10H13BrN2OS/c1-2-13-9(7(11)5-12-13)10-3-4-15-6-8(10)14-10/h5,8H,2-4,6H2,1H3/t8-,10+/m1/s1. The Kier molecular flexibility index (Phi) is 2.37. The highest BCUT2D eigenvalue weighted by molar-refractivity contribution is 9.10. The van der Waals surface area contributed by atoms with Crippen LogP contribution in [0.3, 0.4) is 0 Å². The van der Waals surface area contributed by atoms with Gasteiger partial charge >= 0.3 is 0 Å². The number of nitrogens with zero attached hydrogens (tertiary/aromatic N) is 2. The van der Waals surface area contributed by atoms with Crippen LogP contribution in [0.4, 0.5) is 0 Å². The number of hydrogen-bond donors (Lipinski definition) is 0. The van der Waals surface area contributed by atoms with Gasteiger partial charge in [0, 0.05) is 12.3 Å². The fraction of sp³-hybridized carbons (Fsp3) is 0.700. The van der Waals surface area contributed by atoms with Crippen molar-refractivity contribution >= 4 is 27.7 Å². The summed E-state index contributed by atoms with van der Waals surface area (Å²) in [5.41, 5.74) is 1.23. The van der Waals surface area contributed by atoms with E-state index in [9.17, 15) is 0 Å². The van der Waals surface area contributed by atoms with E-state index in [1.807, 2.05) is 18.0 Å². The summed E-state index contributed by atoms with van der Waals surface area (Å²) in [6, 6.07) is 0. The van der Waals surface area contributed by atoms with E-state index < -0.39 is 0 Å². The summed E-state index contributed by atoms with van der Waals surface area (Å²) >= 11 is 5.58. The summed E-state index contributed by atoms with van der Waals surface area (Å²) in [5.74, 6) is 2.32. The first-order valence-corrected chi connectivity index (χ1v) is 7.20. The molecule has 0 aromatic carbocycles. The first-order valence-electron chi connectivity index (χ1n) is 5.25. The maximum absolute atomic E-state index is 5.92. The van der Waals surface area contributed by atoms with Crippen molar-refractivity contribution in [3.63, 3.8) is 0 Å². The molecule has 2 fully saturated rings. The molecule has 2 aliphatic heterocycles. The van der Waals surface area contributed by atoms with Gasteiger partial charge in [0.25, 0.3) is 0 Å². The molecule has 1 aromatic heterocycles. The van der Waals surface area contributed by atoms with E-state index in [0.717, 1.165) is 23.2 Å². The van der Waals surface area contributed by atoms with Gasteiger partial charge in [0.15, 0.2) is 0 Å². The third-order valence-electron chi connectivity index (χ3n) is 3.20. The second kappa shape index (κ2) is 3.50. The second-order valence-electron chi connectivity index (χ2n) is 3.98. The number of aryl methyl sites for hydroxylation is 1. The molecular formula is C10H13BrN2OS. The van der Waals surface area contributed by atoms with Gasteiger partial charge in [-0.25, -0.2) is 0 Å². The van der Waals surface area contributed by atoms with Gasteiger partial charge in [-0.05, 0) is 35.0 Å². The average Bonchev–Trinajstić information content (AvgIpc) is 2.87. The van der Waals surface area contributed by atoms with Gasteiger partial charge in [0.1, 0.15) is 11.7 Å². The topological polar surface area (TPSA) is 30.4 Å². The van der Waals surface area contributed by atoms with Crippen LogP contribution in [-0.2, 0) is 16.9 Å². The zero-order valence-corrected chi connectivity index (χ0v) is 11.0. The van der Waals surface area contributed by atoms with Crippen molar-refractivity contribution in [1.29, 1.82) is 0 Å². The van der Waals surface area contributed by atoms with Gasteiger partial charge in [0.05, 0.1) is 16.4 Å². The van der Waals surface area contributed by atoms with Crippen LogP contribution >= 0.6 is 27.7 Å². The van der Waals surface area contributed by atoms with Gasteiger partial charge < -0.3 is 4.74 Å². The highest BCUT2D eigenvalue weighted by Gasteiger charge is 2.61. The van der Waals surface area contributed by atoms with Gasteiger partial charge in [-0.1, -0.05) is 0 Å². The summed E-state index contributed by atoms with van der Waals surface area (Å²) < 4.78 is 9.07. The lowest BCUT2D eigenvalue weighted by atomic mass is 9.98. The summed E-state index contributed by atoms with van der Waals surface area (Å²) in [6.07, 6.45) is 3.41. The third-order valence-corrected chi connectivity index (χ3v) is 4.81. The number of ether oxygens (including phenoxy) is 1. The molecule has 0 saturated carbocycles. The number of fused-ring (bicyclic) bond motifs is 1. The number of thioether (sulfide) groups is 1. The minimum atomic E-state index is -0.0173. The molecule has 15 heavy (non-hydrogen) atoms. The van der Waals surface area contributed by atoms with Gasteiger partial charge in [-0.2, -0.15) is 16.9 Å². The molecule has 1 aromatic rings. The summed E-state index contributed by atoms with van der Waals surface area (Å²) in [7, 11) is 0. The minimum absolute atomic E-state index is 0.0173. The molecule has 0 unspecified atom stereocenters. The fourth-order valence-corrected chi connectivity index (χ4v) is 4.17. The molecule has 2 saturated heterocycles. The highest BCUT2D eigenvalue weighted by atomic mass is 79.9. The molecule has 0 amide bonds. The molecular weight excluding hydrogens is 276 g/mol. The van der Waals surface area contributed by atoms with E-state index in [-0.39, 0.29) is 5.60 Å². The minimum Gasteiger partial charge on any atom is -0.358 e. The highest BCUT2D eigenvalue weighted by Crippen LogP contribution is 2.55. The van der Waals surface area contributed by atoms with Crippen LogP contribution in [0.2, 0.25) is 0 Å². The molecule has 5 heteroatoms. The molecule has 0 radical (unpaired) electrons. The molecule has 3 heterocycles. The first-order chi connectivity index (χ1) is 7.28. The number of rotatable bonds is 2. The molecule has 82 valence electrons. The van der Waals surface area contributed by atoms with Crippen LogP contribution < -0.4 is 0 Å². The Morgan fingerprint density at radius 3 is 3.40 bits per heavy atom. The van der Waals surface area contributed by atoms with Gasteiger partial charge in [-0.15, -0.1) is 0 Å². The van der Waals surface area contributed by atoms with Crippen molar-refractivity contribution in [1.82, 2.24) is 9.78 Å². The monoisotopic (exact) mass is 288 g/mol. The zero-order chi connectivity index (χ0) is 10.5. The molecule has 2 aliphatic rings. The Labute approximate surface area is 102 Å². The van der Waals surface area contributed by atoms with Gasteiger partial charge in [-0.3, -0.25) is 4.68 Å². The number of epoxide rings is 1. The molecule has 2 atom stereocenters. The Hall–Kier alpha value is -0.0000000000000000763. The lowest BCUT2D eigenvalue weighted by Gasteiger charge is -2.18. The lowest BCUT2D eigenvalue weighted by Crippen LogP contribution is -2.24. The predicted octanol–water partition coefficient (Wildman–Crippen LogP) is 2.40. The van der Waals surface area contributed by atoms with Crippen LogP contribution in [0.25, 0.3) is 0 Å². The van der Waals surface area contributed by atoms with Crippen LogP contribution in [0.1, 0.15) is 19.0 Å². The number of hydrogen-bond acceptors (Lipinski definition) is 3. The van der Waals surface area contributed by atoms with E-state index in [1.54, 1.807) is 0 Å². The Morgan fingerprint density at radius 2 is 2.67 bits per heavy atom. The van der Waals surface area contributed by atoms with E-state index in [2.05, 4.69) is 32.6 Å². The largest absolute Gasteiger partial charge is 0.358 e. The molecule has 3 nitrogen and oxygen atoms in total. The summed E-state index contributed by atoms with van der Waals surface area (Å²) in [5, 5.41) is 4.36. The third kappa shape index (κ3) is 1.40. The predicted molar refractivity (Wildman–Crippen MR) is 64.1 cm³/mol. The average molecular weight is 289 g/mol. The normalized spacial score (nSPS) is 33.9. The maximum atomic E-state index is 5.92. The van der Waals surface area contributed by atoms with Crippen molar-refractivity contribution < 1.29 is 4.74 Å². The molecule has 0 N–H and O–H groups in total. The number of halogens is 1. The Bertz CT molecular complexity index is 395. The zero-order valence-electron chi connectivity index (χ0n) is 8.57. The smallest absolute Gasteiger partial charge is 0.139 e. The van der Waals surface area contributed by atoms with Crippen molar-refractivity contribution in [3.05, 3.63) is 16.4 Å². The van der Waals surface area contributed by atoms with E-state index in [0.29, 0.717) is 6.10 Å².